The molecule has 0 radical (unpaired) electrons. The summed E-state index contributed by atoms with van der Waals surface area (Å²) < 4.78 is 0. The molecule has 5 atom stereocenters. The molecule has 25 heavy (non-hydrogen) atoms. The fourth-order valence-corrected chi connectivity index (χ4v) is 8.48. The summed E-state index contributed by atoms with van der Waals surface area (Å²) in [4.78, 5) is 0. The van der Waals surface area contributed by atoms with Gasteiger partial charge in [-0.25, -0.2) is 0 Å². The van der Waals surface area contributed by atoms with Crippen LogP contribution in [0, 0.1) is 52.3 Å². The Labute approximate surface area is 157 Å². The number of unbranched alkanes of at least 4 members (excludes halogenated alkanes) is 1. The zero-order chi connectivity index (χ0) is 17.8. The third kappa shape index (κ3) is 2.75. The largest absolute Gasteiger partial charge is 0.0654 e. The van der Waals surface area contributed by atoms with E-state index in [2.05, 4.69) is 34.6 Å². The molecule has 4 aliphatic rings. The molecule has 0 heteroatoms. The molecule has 5 unspecified atom stereocenters. The molecule has 0 heterocycles. The first-order chi connectivity index (χ1) is 11.9. The minimum Gasteiger partial charge on any atom is -0.0654 e. The Hall–Kier alpha value is 0. The van der Waals surface area contributed by atoms with Gasteiger partial charge < -0.3 is 0 Å². The highest BCUT2D eigenvalue weighted by molar-refractivity contribution is 5.16. The molecule has 0 nitrogen and oxygen atoms in total. The highest BCUT2D eigenvalue weighted by Crippen LogP contribution is 2.75. The van der Waals surface area contributed by atoms with Crippen LogP contribution in [0.3, 0.4) is 0 Å². The van der Waals surface area contributed by atoms with Gasteiger partial charge in [0.1, 0.15) is 0 Å². The third-order valence-electron chi connectivity index (χ3n) is 9.80. The van der Waals surface area contributed by atoms with Crippen molar-refractivity contribution in [3.63, 3.8) is 0 Å². The summed E-state index contributed by atoms with van der Waals surface area (Å²) in [5.41, 5.74) is 1.66. The van der Waals surface area contributed by atoms with Crippen LogP contribution in [-0.4, -0.2) is 0 Å². The third-order valence-corrected chi connectivity index (χ3v) is 9.80. The maximum absolute atomic E-state index is 2.56. The van der Waals surface area contributed by atoms with E-state index in [4.69, 9.17) is 0 Å². The van der Waals surface area contributed by atoms with Crippen molar-refractivity contribution in [1.82, 2.24) is 0 Å². The van der Waals surface area contributed by atoms with Crippen molar-refractivity contribution in [2.45, 2.75) is 105 Å². The first-order valence-electron chi connectivity index (χ1n) is 11.9. The molecular formula is C25H44. The highest BCUT2D eigenvalue weighted by atomic mass is 14.7. The molecule has 0 aliphatic heterocycles. The van der Waals surface area contributed by atoms with Crippen LogP contribution in [0.4, 0.5) is 0 Å². The molecule has 4 aliphatic carbocycles. The molecule has 2 spiro atoms. The van der Waals surface area contributed by atoms with E-state index < -0.39 is 0 Å². The van der Waals surface area contributed by atoms with E-state index in [1.807, 2.05) is 0 Å². The molecule has 0 amide bonds. The zero-order valence-electron chi connectivity index (χ0n) is 17.8. The summed E-state index contributed by atoms with van der Waals surface area (Å²) in [6.45, 7) is 12.2. The van der Waals surface area contributed by atoms with Crippen molar-refractivity contribution in [3.8, 4) is 0 Å². The summed E-state index contributed by atoms with van der Waals surface area (Å²) in [6, 6.07) is 0. The van der Waals surface area contributed by atoms with Crippen molar-refractivity contribution >= 4 is 0 Å². The van der Waals surface area contributed by atoms with E-state index in [-0.39, 0.29) is 0 Å². The first kappa shape index (κ1) is 18.4. The normalized spacial score (nSPS) is 51.1. The molecular weight excluding hydrogens is 300 g/mol. The van der Waals surface area contributed by atoms with Gasteiger partial charge in [-0.15, -0.1) is 0 Å². The number of hydrogen-bond donors (Lipinski definition) is 0. The minimum atomic E-state index is 0.818. The Bertz CT molecular complexity index is 462. The minimum absolute atomic E-state index is 0.818. The number of hydrogen-bond acceptors (Lipinski definition) is 0. The van der Waals surface area contributed by atoms with Gasteiger partial charge in [0, 0.05) is 0 Å². The molecule has 4 rings (SSSR count). The smallest absolute Gasteiger partial charge is 0.0230 e. The van der Waals surface area contributed by atoms with Crippen LogP contribution in [0.5, 0.6) is 0 Å². The Morgan fingerprint density at radius 2 is 1.56 bits per heavy atom. The summed E-state index contributed by atoms with van der Waals surface area (Å²) in [7, 11) is 0. The summed E-state index contributed by atoms with van der Waals surface area (Å²) >= 11 is 0. The fraction of sp³-hybridized carbons (Fsp3) is 1.00. The van der Waals surface area contributed by atoms with E-state index in [1.165, 1.54) is 32.1 Å². The van der Waals surface area contributed by atoms with Gasteiger partial charge in [-0.05, 0) is 104 Å². The molecule has 0 bridgehead atoms. The molecule has 4 fully saturated rings. The maximum Gasteiger partial charge on any atom is -0.0230 e. The lowest BCUT2D eigenvalue weighted by atomic mass is 9.32. The lowest BCUT2D eigenvalue weighted by Crippen LogP contribution is -2.65. The Morgan fingerprint density at radius 3 is 2.12 bits per heavy atom. The van der Waals surface area contributed by atoms with Gasteiger partial charge in [-0.1, -0.05) is 53.9 Å². The highest BCUT2D eigenvalue weighted by Gasteiger charge is 2.67. The van der Waals surface area contributed by atoms with Gasteiger partial charge in [0.25, 0.3) is 0 Å². The second kappa shape index (κ2) is 6.56. The molecule has 144 valence electrons. The molecule has 0 N–H and O–H groups in total. The van der Waals surface area contributed by atoms with Crippen molar-refractivity contribution in [3.05, 3.63) is 0 Å². The second-order valence-electron chi connectivity index (χ2n) is 11.5. The van der Waals surface area contributed by atoms with Crippen LogP contribution in [0.1, 0.15) is 105 Å². The SMILES string of the molecule is CCCCC1C(C)CC12CC(C1CC3(CC(C(C)C)C3)C1)C2CCC. The Balaban J connectivity index is 1.34. The van der Waals surface area contributed by atoms with Crippen molar-refractivity contribution < 1.29 is 0 Å². The van der Waals surface area contributed by atoms with Crippen molar-refractivity contribution in [1.29, 1.82) is 0 Å². The number of rotatable bonds is 7. The Kier molecular flexibility index (Phi) is 4.82. The average Bonchev–Trinajstić information content (AvgIpc) is 2.47. The quantitative estimate of drug-likeness (QED) is 0.443. The average molecular weight is 345 g/mol. The molecule has 0 aromatic heterocycles. The lowest BCUT2D eigenvalue weighted by Gasteiger charge is -2.72. The molecule has 0 aromatic rings. The van der Waals surface area contributed by atoms with E-state index in [0.29, 0.717) is 0 Å². The van der Waals surface area contributed by atoms with E-state index >= 15 is 0 Å². The van der Waals surface area contributed by atoms with Crippen molar-refractivity contribution in [2.75, 3.05) is 0 Å². The van der Waals surface area contributed by atoms with Crippen molar-refractivity contribution in [2.24, 2.45) is 52.3 Å². The van der Waals surface area contributed by atoms with Crippen LogP contribution in [0.2, 0.25) is 0 Å². The van der Waals surface area contributed by atoms with Gasteiger partial charge in [0.15, 0.2) is 0 Å². The molecule has 0 saturated heterocycles. The Morgan fingerprint density at radius 1 is 0.840 bits per heavy atom. The summed E-state index contributed by atoms with van der Waals surface area (Å²) in [5, 5.41) is 0. The van der Waals surface area contributed by atoms with Crippen LogP contribution >= 0.6 is 0 Å². The second-order valence-corrected chi connectivity index (χ2v) is 11.5. The van der Waals surface area contributed by atoms with Gasteiger partial charge in [0.2, 0.25) is 0 Å². The van der Waals surface area contributed by atoms with Gasteiger partial charge in [0.05, 0.1) is 0 Å². The van der Waals surface area contributed by atoms with Crippen LogP contribution in [0.25, 0.3) is 0 Å². The van der Waals surface area contributed by atoms with Crippen LogP contribution < -0.4 is 0 Å². The molecule has 4 saturated carbocycles. The standard InChI is InChI=1S/C25H44/c1-6-8-10-22-18(5)11-25(22)16-21(23(25)9-7-2)20-14-24(15-20)12-19(13-24)17(3)4/h17-23H,6-16H2,1-5H3. The zero-order valence-corrected chi connectivity index (χ0v) is 17.8. The monoisotopic (exact) mass is 344 g/mol. The van der Waals surface area contributed by atoms with E-state index in [0.717, 1.165) is 52.3 Å². The predicted molar refractivity (Wildman–Crippen MR) is 108 cm³/mol. The van der Waals surface area contributed by atoms with Crippen LogP contribution in [0.15, 0.2) is 0 Å². The lowest BCUT2D eigenvalue weighted by molar-refractivity contribution is -0.235. The van der Waals surface area contributed by atoms with Gasteiger partial charge >= 0.3 is 0 Å². The summed E-state index contributed by atoms with van der Waals surface area (Å²) in [5.74, 6) is 7.46. The van der Waals surface area contributed by atoms with Gasteiger partial charge in [-0.3, -0.25) is 0 Å². The maximum atomic E-state index is 2.56. The van der Waals surface area contributed by atoms with Gasteiger partial charge in [-0.2, -0.15) is 0 Å². The molecule has 0 aromatic carbocycles. The van der Waals surface area contributed by atoms with E-state index in [9.17, 15) is 0 Å². The topological polar surface area (TPSA) is 0 Å². The predicted octanol–water partition coefficient (Wildman–Crippen LogP) is 7.72. The summed E-state index contributed by atoms with van der Waals surface area (Å²) in [6.07, 6.45) is 17.0. The van der Waals surface area contributed by atoms with E-state index in [1.54, 1.807) is 38.5 Å². The fourth-order valence-electron chi connectivity index (χ4n) is 8.48. The first-order valence-corrected chi connectivity index (χ1v) is 11.9. The van der Waals surface area contributed by atoms with Crippen LogP contribution in [-0.2, 0) is 0 Å².